The summed E-state index contributed by atoms with van der Waals surface area (Å²) in [4.78, 5) is 0. The fourth-order valence-electron chi connectivity index (χ4n) is 1.84. The Balaban J connectivity index is 2.19. The molecule has 1 nitrogen and oxygen atoms in total. The molecule has 0 bridgehead atoms. The van der Waals surface area contributed by atoms with Gasteiger partial charge in [0, 0.05) is 17.9 Å². The smallest absolute Gasteiger partial charge is 0.0450 e. The van der Waals surface area contributed by atoms with Crippen LogP contribution in [0.15, 0.2) is 67.0 Å². The minimum absolute atomic E-state index is 1.23. The van der Waals surface area contributed by atoms with Gasteiger partial charge in [0.1, 0.15) is 0 Å². The molecule has 0 saturated carbocycles. The zero-order valence-corrected chi connectivity index (χ0v) is 8.30. The summed E-state index contributed by atoms with van der Waals surface area (Å²) in [5.74, 6) is 0. The number of aromatic nitrogens is 1. The van der Waals surface area contributed by atoms with Gasteiger partial charge in [-0.3, -0.25) is 0 Å². The first kappa shape index (κ1) is 8.30. The molecule has 0 radical (unpaired) electrons. The van der Waals surface area contributed by atoms with Gasteiger partial charge in [-0.05, 0) is 29.3 Å². The van der Waals surface area contributed by atoms with Crippen molar-refractivity contribution in [1.82, 2.24) is 4.40 Å². The topological polar surface area (TPSA) is 4.41 Å². The number of benzene rings is 1. The highest BCUT2D eigenvalue weighted by molar-refractivity contribution is 5.65. The van der Waals surface area contributed by atoms with Crippen molar-refractivity contribution >= 4 is 5.52 Å². The Labute approximate surface area is 88.6 Å². The highest BCUT2D eigenvalue weighted by Crippen LogP contribution is 2.19. The zero-order valence-electron chi connectivity index (χ0n) is 8.30. The van der Waals surface area contributed by atoms with Crippen molar-refractivity contribution in [2.45, 2.75) is 0 Å². The third-order valence-electron chi connectivity index (χ3n) is 2.63. The Morgan fingerprint density at radius 1 is 0.667 bits per heavy atom. The number of nitrogens with zero attached hydrogens (tertiary/aromatic N) is 1. The van der Waals surface area contributed by atoms with Crippen molar-refractivity contribution in [3.8, 4) is 11.1 Å². The maximum absolute atomic E-state index is 2.16. The molecule has 0 aliphatic carbocycles. The molecule has 3 aromatic rings. The van der Waals surface area contributed by atoms with Crippen LogP contribution in [0.3, 0.4) is 0 Å². The maximum atomic E-state index is 2.16. The van der Waals surface area contributed by atoms with Crippen LogP contribution in [0.4, 0.5) is 0 Å². The molecule has 0 atom stereocenters. The largest absolute Gasteiger partial charge is 0.323 e. The van der Waals surface area contributed by atoms with Crippen molar-refractivity contribution in [3.63, 3.8) is 0 Å². The first-order valence-corrected chi connectivity index (χ1v) is 5.06. The molecule has 1 aromatic carbocycles. The lowest BCUT2D eigenvalue weighted by Crippen LogP contribution is -1.83. The van der Waals surface area contributed by atoms with Crippen LogP contribution in [-0.4, -0.2) is 4.40 Å². The van der Waals surface area contributed by atoms with E-state index in [0.717, 1.165) is 0 Å². The number of hydrogen-bond donors (Lipinski definition) is 0. The molecule has 0 aliphatic rings. The van der Waals surface area contributed by atoms with Gasteiger partial charge in [0.15, 0.2) is 0 Å². The van der Waals surface area contributed by atoms with Gasteiger partial charge >= 0.3 is 0 Å². The van der Waals surface area contributed by atoms with E-state index < -0.39 is 0 Å². The fourth-order valence-corrected chi connectivity index (χ4v) is 1.84. The molecule has 2 heterocycles. The molecule has 2 aromatic heterocycles. The summed E-state index contributed by atoms with van der Waals surface area (Å²) in [5.41, 5.74) is 3.74. The lowest BCUT2D eigenvalue weighted by Gasteiger charge is -2.02. The summed E-state index contributed by atoms with van der Waals surface area (Å²) < 4.78 is 2.14. The first-order chi connectivity index (χ1) is 7.43. The van der Waals surface area contributed by atoms with Gasteiger partial charge in [0.25, 0.3) is 0 Å². The van der Waals surface area contributed by atoms with E-state index in [4.69, 9.17) is 0 Å². The minimum atomic E-state index is 1.23. The molecule has 0 amide bonds. The average molecular weight is 193 g/mol. The molecule has 0 spiro atoms. The highest BCUT2D eigenvalue weighted by Gasteiger charge is 1.97. The Hall–Kier alpha value is -2.02. The Bertz CT molecular complexity index is 578. The third kappa shape index (κ3) is 1.42. The highest BCUT2D eigenvalue weighted by atomic mass is 14.8. The monoisotopic (exact) mass is 193 g/mol. The van der Waals surface area contributed by atoms with Crippen molar-refractivity contribution < 1.29 is 0 Å². The molecule has 0 saturated heterocycles. The van der Waals surface area contributed by atoms with Crippen molar-refractivity contribution in [1.29, 1.82) is 0 Å². The molecule has 3 rings (SSSR count). The van der Waals surface area contributed by atoms with Crippen LogP contribution in [0, 0.1) is 0 Å². The normalized spacial score (nSPS) is 10.7. The Morgan fingerprint density at radius 2 is 1.53 bits per heavy atom. The van der Waals surface area contributed by atoms with Crippen molar-refractivity contribution in [3.05, 3.63) is 67.0 Å². The molecular formula is C14H11N. The Kier molecular flexibility index (Phi) is 1.82. The molecule has 72 valence electrons. The van der Waals surface area contributed by atoms with E-state index in [9.17, 15) is 0 Å². The van der Waals surface area contributed by atoms with E-state index >= 15 is 0 Å². The second-order valence-corrected chi connectivity index (χ2v) is 3.62. The van der Waals surface area contributed by atoms with E-state index in [-0.39, 0.29) is 0 Å². The van der Waals surface area contributed by atoms with Crippen LogP contribution >= 0.6 is 0 Å². The van der Waals surface area contributed by atoms with Crippen molar-refractivity contribution in [2.75, 3.05) is 0 Å². The predicted octanol–water partition coefficient (Wildman–Crippen LogP) is 3.61. The average Bonchev–Trinajstić information content (AvgIpc) is 2.77. The molecular weight excluding hydrogens is 182 g/mol. The van der Waals surface area contributed by atoms with Crippen LogP contribution in [-0.2, 0) is 0 Å². The van der Waals surface area contributed by atoms with Crippen LogP contribution in [0.1, 0.15) is 0 Å². The standard InChI is InChI=1S/C14H11N/c1-2-5-12(6-3-1)13-8-9-14-7-4-10-15(14)11-13/h1-11H. The lowest BCUT2D eigenvalue weighted by atomic mass is 10.1. The van der Waals surface area contributed by atoms with Crippen LogP contribution in [0.2, 0.25) is 0 Å². The quantitative estimate of drug-likeness (QED) is 0.556. The second kappa shape index (κ2) is 3.28. The number of hydrogen-bond acceptors (Lipinski definition) is 0. The number of fused-ring (bicyclic) bond motifs is 1. The molecule has 0 fully saturated rings. The van der Waals surface area contributed by atoms with E-state index in [1.165, 1.54) is 16.6 Å². The summed E-state index contributed by atoms with van der Waals surface area (Å²) >= 11 is 0. The summed E-state index contributed by atoms with van der Waals surface area (Å²) in [7, 11) is 0. The fraction of sp³-hybridized carbons (Fsp3) is 0. The van der Waals surface area contributed by atoms with E-state index in [1.54, 1.807) is 0 Å². The maximum Gasteiger partial charge on any atom is 0.0450 e. The van der Waals surface area contributed by atoms with Gasteiger partial charge in [-0.25, -0.2) is 0 Å². The SMILES string of the molecule is c1ccc(-c2ccc3cccn3c2)cc1. The third-order valence-corrected chi connectivity index (χ3v) is 2.63. The van der Waals surface area contributed by atoms with Gasteiger partial charge in [0.05, 0.1) is 0 Å². The van der Waals surface area contributed by atoms with Crippen LogP contribution < -0.4 is 0 Å². The molecule has 1 heteroatoms. The zero-order chi connectivity index (χ0) is 10.1. The lowest BCUT2D eigenvalue weighted by molar-refractivity contribution is 1.20. The number of rotatable bonds is 1. The Morgan fingerprint density at radius 3 is 2.40 bits per heavy atom. The van der Waals surface area contributed by atoms with E-state index in [1.807, 2.05) is 6.07 Å². The van der Waals surface area contributed by atoms with Gasteiger partial charge in [-0.2, -0.15) is 0 Å². The van der Waals surface area contributed by atoms with Crippen LogP contribution in [0.25, 0.3) is 16.6 Å². The van der Waals surface area contributed by atoms with E-state index in [0.29, 0.717) is 0 Å². The second-order valence-electron chi connectivity index (χ2n) is 3.62. The van der Waals surface area contributed by atoms with Crippen molar-refractivity contribution in [2.24, 2.45) is 0 Å². The summed E-state index contributed by atoms with van der Waals surface area (Å²) in [6.07, 6.45) is 4.23. The van der Waals surface area contributed by atoms with E-state index in [2.05, 4.69) is 65.3 Å². The van der Waals surface area contributed by atoms with Gasteiger partial charge in [-0.1, -0.05) is 36.4 Å². The minimum Gasteiger partial charge on any atom is -0.323 e. The van der Waals surface area contributed by atoms with Crippen LogP contribution in [0.5, 0.6) is 0 Å². The molecule has 0 unspecified atom stereocenters. The summed E-state index contributed by atoms with van der Waals surface area (Å²) in [6, 6.07) is 18.9. The molecule has 0 aliphatic heterocycles. The van der Waals surface area contributed by atoms with Gasteiger partial charge < -0.3 is 4.40 Å². The summed E-state index contributed by atoms with van der Waals surface area (Å²) in [6.45, 7) is 0. The molecule has 0 N–H and O–H groups in total. The van der Waals surface area contributed by atoms with Gasteiger partial charge in [0.2, 0.25) is 0 Å². The predicted molar refractivity (Wildman–Crippen MR) is 62.8 cm³/mol. The molecule has 15 heavy (non-hydrogen) atoms. The van der Waals surface area contributed by atoms with Gasteiger partial charge in [-0.15, -0.1) is 0 Å². The number of pyridine rings is 1. The summed E-state index contributed by atoms with van der Waals surface area (Å²) in [5, 5.41) is 0. The first-order valence-electron chi connectivity index (χ1n) is 5.06.